The number of rotatable bonds is 59. The highest BCUT2D eigenvalue weighted by molar-refractivity contribution is 5.71. The van der Waals surface area contributed by atoms with E-state index in [2.05, 4.69) is 118 Å². The predicted molar refractivity (Wildman–Crippen MR) is 334 cm³/mol. The Kier molecular flexibility index (Phi) is 61.8. The first-order valence-corrected chi connectivity index (χ1v) is 32.7. The van der Waals surface area contributed by atoms with Crippen LogP contribution in [0.3, 0.4) is 0 Å². The Morgan fingerprint density at radius 3 is 0.792 bits per heavy atom. The van der Waals surface area contributed by atoms with Crippen molar-refractivity contribution in [3.63, 3.8) is 0 Å². The van der Waals surface area contributed by atoms with E-state index in [0.29, 0.717) is 19.3 Å². The minimum atomic E-state index is -0.783. The lowest BCUT2D eigenvalue weighted by molar-refractivity contribution is -0.167. The minimum Gasteiger partial charge on any atom is -0.462 e. The number of carbonyl (C=O) groups excluding carboxylic acids is 3. The highest BCUT2D eigenvalue weighted by Crippen LogP contribution is 2.17. The Bertz CT molecular complexity index is 1510. The maximum absolute atomic E-state index is 12.8. The van der Waals surface area contributed by atoms with Crippen LogP contribution in [0.15, 0.2) is 97.2 Å². The fourth-order valence-corrected chi connectivity index (χ4v) is 9.18. The van der Waals surface area contributed by atoms with E-state index in [4.69, 9.17) is 14.2 Å². The molecule has 0 aromatic heterocycles. The standard InChI is InChI=1S/C71H122O6/c1-4-7-10-13-15-17-19-21-23-25-27-29-31-33-34-35-36-38-39-41-43-45-47-49-51-53-55-58-61-64-70(73)76-67-68(66-75-69(72)63-60-57-12-9-6-3)77-71(74)65-62-59-56-54-52-50-48-46-44-42-40-37-32-30-28-26-24-22-20-18-16-14-11-8-5-2/h8,11,16,18-19,21-22,24-25,27-28,30,37,40,44,46,68H,4-7,9-10,12-15,17,20,23,26,29,31-36,38-39,41-43,45,47-67H2,1-3H3/b11-8-,18-16-,21-19-,24-22-,27-25-,30-28-,40-37-,46-44-. The van der Waals surface area contributed by atoms with Gasteiger partial charge in [-0.25, -0.2) is 0 Å². The Labute approximate surface area is 477 Å². The Balaban J connectivity index is 4.04. The van der Waals surface area contributed by atoms with Crippen molar-refractivity contribution < 1.29 is 28.6 Å². The number of allylic oxidation sites excluding steroid dienone is 16. The van der Waals surface area contributed by atoms with Gasteiger partial charge in [-0.3, -0.25) is 14.4 Å². The molecule has 0 aromatic rings. The lowest BCUT2D eigenvalue weighted by Gasteiger charge is -2.18. The van der Waals surface area contributed by atoms with Crippen molar-refractivity contribution in [1.82, 2.24) is 0 Å². The summed E-state index contributed by atoms with van der Waals surface area (Å²) in [4.78, 5) is 37.9. The molecule has 0 bridgehead atoms. The molecule has 0 rings (SSSR count). The maximum atomic E-state index is 12.8. The van der Waals surface area contributed by atoms with Gasteiger partial charge in [0.05, 0.1) is 0 Å². The summed E-state index contributed by atoms with van der Waals surface area (Å²) in [6.45, 7) is 6.44. The van der Waals surface area contributed by atoms with E-state index < -0.39 is 6.10 Å². The van der Waals surface area contributed by atoms with E-state index in [0.717, 1.165) is 122 Å². The maximum Gasteiger partial charge on any atom is 0.306 e. The first-order valence-electron chi connectivity index (χ1n) is 32.7. The third-order valence-corrected chi connectivity index (χ3v) is 14.1. The second kappa shape index (κ2) is 64.9. The number of unbranched alkanes of at least 4 members (excludes halogenated alkanes) is 32. The summed E-state index contributed by atoms with van der Waals surface area (Å²) >= 11 is 0. The molecular weight excluding hydrogens is 949 g/mol. The van der Waals surface area contributed by atoms with Gasteiger partial charge in [0.2, 0.25) is 0 Å². The molecule has 0 heterocycles. The molecular formula is C71H122O6. The van der Waals surface area contributed by atoms with Crippen LogP contribution in [0.1, 0.15) is 316 Å². The van der Waals surface area contributed by atoms with Gasteiger partial charge in [0.25, 0.3) is 0 Å². The van der Waals surface area contributed by atoms with Crippen LogP contribution in [0.2, 0.25) is 0 Å². The summed E-state index contributed by atoms with van der Waals surface area (Å²) in [7, 11) is 0. The smallest absolute Gasteiger partial charge is 0.306 e. The molecule has 0 aliphatic carbocycles. The summed E-state index contributed by atoms with van der Waals surface area (Å²) in [5.41, 5.74) is 0. The van der Waals surface area contributed by atoms with Crippen molar-refractivity contribution in [1.29, 1.82) is 0 Å². The van der Waals surface area contributed by atoms with Gasteiger partial charge in [-0.2, -0.15) is 0 Å². The molecule has 442 valence electrons. The molecule has 0 saturated heterocycles. The van der Waals surface area contributed by atoms with Gasteiger partial charge < -0.3 is 14.2 Å². The van der Waals surface area contributed by atoms with E-state index >= 15 is 0 Å². The van der Waals surface area contributed by atoms with Crippen LogP contribution >= 0.6 is 0 Å². The molecule has 0 saturated carbocycles. The topological polar surface area (TPSA) is 78.9 Å². The number of carbonyl (C=O) groups is 3. The number of ether oxygens (including phenoxy) is 3. The highest BCUT2D eigenvalue weighted by atomic mass is 16.6. The molecule has 0 N–H and O–H groups in total. The van der Waals surface area contributed by atoms with Gasteiger partial charge in [-0.1, -0.05) is 291 Å². The molecule has 1 atom stereocenters. The lowest BCUT2D eigenvalue weighted by atomic mass is 10.0. The van der Waals surface area contributed by atoms with Crippen LogP contribution in [0.5, 0.6) is 0 Å². The number of hydrogen-bond donors (Lipinski definition) is 0. The molecule has 0 spiro atoms. The largest absolute Gasteiger partial charge is 0.462 e. The monoisotopic (exact) mass is 1070 g/mol. The summed E-state index contributed by atoms with van der Waals surface area (Å²) in [6, 6.07) is 0. The Hall–Kier alpha value is -3.67. The van der Waals surface area contributed by atoms with Crippen LogP contribution in [0.4, 0.5) is 0 Å². The van der Waals surface area contributed by atoms with E-state index in [1.807, 2.05) is 0 Å². The second-order valence-corrected chi connectivity index (χ2v) is 21.6. The zero-order chi connectivity index (χ0) is 55.7. The summed E-state index contributed by atoms with van der Waals surface area (Å²) in [6.07, 6.45) is 87.6. The van der Waals surface area contributed by atoms with Gasteiger partial charge >= 0.3 is 17.9 Å². The normalized spacial score (nSPS) is 12.7. The van der Waals surface area contributed by atoms with Gasteiger partial charge in [0.15, 0.2) is 6.10 Å². The third-order valence-electron chi connectivity index (χ3n) is 14.1. The van der Waals surface area contributed by atoms with Crippen molar-refractivity contribution in [3.05, 3.63) is 97.2 Å². The van der Waals surface area contributed by atoms with Crippen LogP contribution < -0.4 is 0 Å². The number of hydrogen-bond acceptors (Lipinski definition) is 6. The minimum absolute atomic E-state index is 0.0819. The fraction of sp³-hybridized carbons (Fsp3) is 0.732. The van der Waals surface area contributed by atoms with E-state index in [1.165, 1.54) is 154 Å². The Morgan fingerprint density at radius 2 is 0.506 bits per heavy atom. The second-order valence-electron chi connectivity index (χ2n) is 21.6. The molecule has 0 fully saturated rings. The quantitative estimate of drug-likeness (QED) is 0.0261. The van der Waals surface area contributed by atoms with Gasteiger partial charge in [-0.05, 0) is 103 Å². The van der Waals surface area contributed by atoms with Gasteiger partial charge in [0.1, 0.15) is 13.2 Å². The zero-order valence-electron chi connectivity index (χ0n) is 50.7. The molecule has 6 heteroatoms. The number of esters is 3. The SMILES string of the molecule is CC/C=C\C/C=C\C/C=C\C/C=C\C/C=C\C/C=C\CCCCCCCCC(=O)OC(COC(=O)CCCCCCC)COC(=O)CCCCCCCCCCCCCCCCCCC/C=C\C/C=C\CCCCCCC. The third kappa shape index (κ3) is 63.0. The summed E-state index contributed by atoms with van der Waals surface area (Å²) < 4.78 is 16.8. The van der Waals surface area contributed by atoms with Crippen molar-refractivity contribution in [2.45, 2.75) is 322 Å². The van der Waals surface area contributed by atoms with Gasteiger partial charge in [0, 0.05) is 19.3 Å². The van der Waals surface area contributed by atoms with E-state index in [9.17, 15) is 14.4 Å². The summed E-state index contributed by atoms with van der Waals surface area (Å²) in [5.74, 6) is -0.902. The van der Waals surface area contributed by atoms with Gasteiger partial charge in [-0.15, -0.1) is 0 Å². The molecule has 0 amide bonds. The highest BCUT2D eigenvalue weighted by Gasteiger charge is 2.19. The van der Waals surface area contributed by atoms with E-state index in [1.54, 1.807) is 0 Å². The van der Waals surface area contributed by atoms with E-state index in [-0.39, 0.29) is 31.1 Å². The molecule has 6 nitrogen and oxygen atoms in total. The first kappa shape index (κ1) is 73.3. The van der Waals surface area contributed by atoms with Crippen molar-refractivity contribution >= 4 is 17.9 Å². The average molecular weight is 1070 g/mol. The molecule has 0 aliphatic heterocycles. The van der Waals surface area contributed by atoms with Crippen molar-refractivity contribution in [2.75, 3.05) is 13.2 Å². The molecule has 0 radical (unpaired) electrons. The Morgan fingerprint density at radius 1 is 0.273 bits per heavy atom. The van der Waals surface area contributed by atoms with Crippen LogP contribution in [-0.2, 0) is 28.6 Å². The molecule has 0 aliphatic rings. The molecule has 1 unspecified atom stereocenters. The molecule has 77 heavy (non-hydrogen) atoms. The predicted octanol–water partition coefficient (Wildman–Crippen LogP) is 22.4. The van der Waals surface area contributed by atoms with Crippen LogP contribution in [-0.4, -0.2) is 37.2 Å². The summed E-state index contributed by atoms with van der Waals surface area (Å²) in [5, 5.41) is 0. The zero-order valence-corrected chi connectivity index (χ0v) is 50.7. The average Bonchev–Trinajstić information content (AvgIpc) is 3.43. The van der Waals surface area contributed by atoms with Crippen LogP contribution in [0, 0.1) is 0 Å². The van der Waals surface area contributed by atoms with Crippen molar-refractivity contribution in [2.24, 2.45) is 0 Å². The molecule has 0 aromatic carbocycles. The van der Waals surface area contributed by atoms with Crippen LogP contribution in [0.25, 0.3) is 0 Å². The fourth-order valence-electron chi connectivity index (χ4n) is 9.18. The lowest BCUT2D eigenvalue weighted by Crippen LogP contribution is -2.30. The van der Waals surface area contributed by atoms with Crippen molar-refractivity contribution in [3.8, 4) is 0 Å². The first-order chi connectivity index (χ1) is 38.0.